The molecule has 0 spiro atoms. The highest BCUT2D eigenvalue weighted by molar-refractivity contribution is 6.34. The van der Waals surface area contributed by atoms with E-state index in [9.17, 15) is 4.79 Å². The first-order valence-corrected chi connectivity index (χ1v) is 7.26. The van der Waals surface area contributed by atoms with Gasteiger partial charge in [0.15, 0.2) is 0 Å². The van der Waals surface area contributed by atoms with Gasteiger partial charge in [-0.25, -0.2) is 0 Å². The molecule has 1 aliphatic heterocycles. The molecule has 0 unspecified atom stereocenters. The predicted molar refractivity (Wildman–Crippen MR) is 83.3 cm³/mol. The van der Waals surface area contributed by atoms with Gasteiger partial charge in [0.25, 0.3) is 5.91 Å². The highest BCUT2D eigenvalue weighted by Crippen LogP contribution is 2.33. The molecule has 1 aromatic rings. The van der Waals surface area contributed by atoms with Gasteiger partial charge in [-0.1, -0.05) is 18.5 Å². The van der Waals surface area contributed by atoms with Crippen molar-refractivity contribution in [2.45, 2.75) is 13.3 Å². The number of hydrogen-bond donors (Lipinski definition) is 2. The van der Waals surface area contributed by atoms with Crippen LogP contribution < -0.4 is 16.4 Å². The molecule has 1 saturated heterocycles. The Morgan fingerprint density at radius 2 is 1.95 bits per heavy atom. The van der Waals surface area contributed by atoms with Crippen molar-refractivity contribution in [3.63, 3.8) is 0 Å². The zero-order valence-electron chi connectivity index (χ0n) is 11.7. The molecule has 5 nitrogen and oxygen atoms in total. The Bertz CT molecular complexity index is 498. The second-order valence-electron chi connectivity index (χ2n) is 5.09. The van der Waals surface area contributed by atoms with E-state index in [1.54, 1.807) is 12.1 Å². The van der Waals surface area contributed by atoms with Crippen molar-refractivity contribution in [2.75, 3.05) is 43.4 Å². The summed E-state index contributed by atoms with van der Waals surface area (Å²) >= 11 is 6.27. The fourth-order valence-electron chi connectivity index (χ4n) is 2.64. The van der Waals surface area contributed by atoms with Gasteiger partial charge in [-0.05, 0) is 25.1 Å². The number of nitrogen functional groups attached to an aromatic ring is 1. The molecule has 0 saturated carbocycles. The number of anilines is 2. The molecule has 1 amide bonds. The van der Waals surface area contributed by atoms with E-state index in [1.807, 2.05) is 0 Å². The van der Waals surface area contributed by atoms with Crippen molar-refractivity contribution in [3.05, 3.63) is 22.7 Å². The normalized spacial score (nSPS) is 16.4. The van der Waals surface area contributed by atoms with Crippen molar-refractivity contribution in [1.29, 1.82) is 0 Å². The van der Waals surface area contributed by atoms with Crippen molar-refractivity contribution in [2.24, 2.45) is 5.73 Å². The van der Waals surface area contributed by atoms with Crippen LogP contribution in [-0.2, 0) is 0 Å². The zero-order valence-corrected chi connectivity index (χ0v) is 12.5. The molecule has 1 aromatic carbocycles. The molecule has 0 bridgehead atoms. The minimum Gasteiger partial charge on any atom is -0.399 e. The molecule has 20 heavy (non-hydrogen) atoms. The summed E-state index contributed by atoms with van der Waals surface area (Å²) in [6.45, 7) is 6.88. The average molecular weight is 297 g/mol. The van der Waals surface area contributed by atoms with Crippen LogP contribution in [0.5, 0.6) is 0 Å². The van der Waals surface area contributed by atoms with Crippen LogP contribution in [0.3, 0.4) is 0 Å². The number of primary amides is 1. The van der Waals surface area contributed by atoms with Gasteiger partial charge < -0.3 is 16.4 Å². The largest absolute Gasteiger partial charge is 0.399 e. The van der Waals surface area contributed by atoms with Crippen LogP contribution >= 0.6 is 11.6 Å². The van der Waals surface area contributed by atoms with Gasteiger partial charge in [0, 0.05) is 31.9 Å². The smallest absolute Gasteiger partial charge is 0.250 e. The first-order chi connectivity index (χ1) is 9.52. The maximum Gasteiger partial charge on any atom is 0.250 e. The fourth-order valence-corrected chi connectivity index (χ4v) is 2.99. The number of carbonyl (C=O) groups excluding carboxylic acids is 1. The Morgan fingerprint density at radius 1 is 1.30 bits per heavy atom. The number of nitrogens with two attached hydrogens (primary N) is 2. The van der Waals surface area contributed by atoms with Crippen molar-refractivity contribution >= 4 is 28.9 Å². The Labute approximate surface area is 124 Å². The van der Waals surface area contributed by atoms with E-state index in [4.69, 9.17) is 23.1 Å². The van der Waals surface area contributed by atoms with E-state index < -0.39 is 5.91 Å². The molecular weight excluding hydrogens is 276 g/mol. The molecule has 0 radical (unpaired) electrons. The lowest BCUT2D eigenvalue weighted by molar-refractivity contribution is 0.100. The molecule has 1 heterocycles. The predicted octanol–water partition coefficient (Wildman–Crippen LogP) is 1.55. The van der Waals surface area contributed by atoms with Crippen LogP contribution in [0.1, 0.15) is 23.7 Å². The Balaban J connectivity index is 2.23. The van der Waals surface area contributed by atoms with Crippen LogP contribution in [0, 0.1) is 0 Å². The van der Waals surface area contributed by atoms with Gasteiger partial charge in [-0.2, -0.15) is 0 Å². The average Bonchev–Trinajstić information content (AvgIpc) is 2.39. The van der Waals surface area contributed by atoms with Crippen molar-refractivity contribution < 1.29 is 4.79 Å². The summed E-state index contributed by atoms with van der Waals surface area (Å²) in [4.78, 5) is 16.1. The van der Waals surface area contributed by atoms with Gasteiger partial charge >= 0.3 is 0 Å². The number of hydrogen-bond acceptors (Lipinski definition) is 4. The quantitative estimate of drug-likeness (QED) is 0.827. The first kappa shape index (κ1) is 14.9. The minimum atomic E-state index is -0.495. The van der Waals surface area contributed by atoms with E-state index in [-0.39, 0.29) is 0 Å². The van der Waals surface area contributed by atoms with Crippen LogP contribution in [0.15, 0.2) is 12.1 Å². The van der Waals surface area contributed by atoms with Crippen molar-refractivity contribution in [1.82, 2.24) is 4.90 Å². The maximum absolute atomic E-state index is 11.6. The zero-order chi connectivity index (χ0) is 14.7. The van der Waals surface area contributed by atoms with Crippen LogP contribution in [0.4, 0.5) is 11.4 Å². The van der Waals surface area contributed by atoms with Crippen molar-refractivity contribution in [3.8, 4) is 0 Å². The SMILES string of the molecule is CCCN1CCN(c2c(Cl)cc(N)cc2C(N)=O)CC1. The third-order valence-electron chi connectivity index (χ3n) is 3.58. The number of halogens is 1. The molecule has 2 rings (SSSR count). The number of piperazine rings is 1. The maximum atomic E-state index is 11.6. The molecule has 0 atom stereocenters. The van der Waals surface area contributed by atoms with E-state index in [2.05, 4.69) is 16.7 Å². The number of nitrogens with zero attached hydrogens (tertiary/aromatic N) is 2. The number of amides is 1. The number of carbonyl (C=O) groups is 1. The van der Waals surface area contributed by atoms with E-state index in [0.717, 1.165) is 39.1 Å². The molecule has 4 N–H and O–H groups in total. The van der Waals surface area contributed by atoms with Gasteiger partial charge in [0.2, 0.25) is 0 Å². The third-order valence-corrected chi connectivity index (χ3v) is 3.87. The molecule has 110 valence electrons. The van der Waals surface area contributed by atoms with Gasteiger partial charge in [0.1, 0.15) is 0 Å². The van der Waals surface area contributed by atoms with Gasteiger partial charge in [-0.15, -0.1) is 0 Å². The lowest BCUT2D eigenvalue weighted by Crippen LogP contribution is -2.47. The summed E-state index contributed by atoms with van der Waals surface area (Å²) in [7, 11) is 0. The standard InChI is InChI=1S/C14H21ClN4O/c1-2-3-18-4-6-19(7-5-18)13-11(14(17)20)8-10(16)9-12(13)15/h8-9H,2-7,16H2,1H3,(H2,17,20). The van der Waals surface area contributed by atoms with E-state index in [0.29, 0.717) is 22.0 Å². The summed E-state index contributed by atoms with van der Waals surface area (Å²) in [6.07, 6.45) is 1.15. The molecule has 0 aromatic heterocycles. The topological polar surface area (TPSA) is 75.6 Å². The monoisotopic (exact) mass is 296 g/mol. The highest BCUT2D eigenvalue weighted by atomic mass is 35.5. The fraction of sp³-hybridized carbons (Fsp3) is 0.500. The third kappa shape index (κ3) is 3.16. The first-order valence-electron chi connectivity index (χ1n) is 6.89. The van der Waals surface area contributed by atoms with Crippen LogP contribution in [0.2, 0.25) is 5.02 Å². The van der Waals surface area contributed by atoms with Gasteiger partial charge in [-0.3, -0.25) is 9.69 Å². The summed E-state index contributed by atoms with van der Waals surface area (Å²) in [6, 6.07) is 3.27. The lowest BCUT2D eigenvalue weighted by atomic mass is 10.1. The van der Waals surface area contributed by atoms with E-state index in [1.165, 1.54) is 0 Å². The summed E-state index contributed by atoms with van der Waals surface area (Å²) in [5, 5.41) is 0.489. The molecule has 1 aliphatic rings. The Morgan fingerprint density at radius 3 is 2.50 bits per heavy atom. The minimum absolute atomic E-state index is 0.402. The molecule has 0 aliphatic carbocycles. The van der Waals surface area contributed by atoms with Crippen LogP contribution in [0.25, 0.3) is 0 Å². The Kier molecular flexibility index (Phi) is 4.73. The second-order valence-corrected chi connectivity index (χ2v) is 5.50. The molecule has 6 heteroatoms. The lowest BCUT2D eigenvalue weighted by Gasteiger charge is -2.37. The second kappa shape index (κ2) is 6.33. The Hall–Kier alpha value is -1.46. The summed E-state index contributed by atoms with van der Waals surface area (Å²) in [5.74, 6) is -0.495. The molecular formula is C14H21ClN4O. The van der Waals surface area contributed by atoms with Crippen LogP contribution in [-0.4, -0.2) is 43.5 Å². The summed E-state index contributed by atoms with van der Waals surface area (Å²) in [5.41, 5.74) is 12.8. The molecule has 1 fully saturated rings. The highest BCUT2D eigenvalue weighted by Gasteiger charge is 2.23. The summed E-state index contributed by atoms with van der Waals surface area (Å²) < 4.78 is 0. The van der Waals surface area contributed by atoms with Gasteiger partial charge in [0.05, 0.1) is 16.3 Å². The van der Waals surface area contributed by atoms with E-state index >= 15 is 0 Å². The number of benzene rings is 1. The number of rotatable bonds is 4.